The van der Waals surface area contributed by atoms with E-state index in [0.29, 0.717) is 35.9 Å². The molecule has 0 amide bonds. The van der Waals surface area contributed by atoms with Gasteiger partial charge in [-0.2, -0.15) is 4.98 Å². The third kappa shape index (κ3) is 4.09. The molecule has 1 N–H and O–H groups in total. The zero-order valence-corrected chi connectivity index (χ0v) is 13.1. The molecule has 0 saturated heterocycles. The molecule has 1 aromatic heterocycles. The number of anilines is 1. The van der Waals surface area contributed by atoms with Crippen LogP contribution in [0, 0.1) is 11.8 Å². The highest BCUT2D eigenvalue weighted by Gasteiger charge is 2.21. The van der Waals surface area contributed by atoms with Crippen LogP contribution in [-0.4, -0.2) is 30.2 Å². The lowest BCUT2D eigenvalue weighted by atomic mass is 9.85. The van der Waals surface area contributed by atoms with E-state index >= 15 is 0 Å². The summed E-state index contributed by atoms with van der Waals surface area (Å²) in [6.45, 7) is 5.88. The van der Waals surface area contributed by atoms with Crippen molar-refractivity contribution in [3.63, 3.8) is 0 Å². The SMILES string of the molecule is CCCNc1ncnc(OCC2CC=CCC2C)c1OC. The first kappa shape index (κ1) is 15.6. The van der Waals surface area contributed by atoms with Gasteiger partial charge < -0.3 is 14.8 Å². The summed E-state index contributed by atoms with van der Waals surface area (Å²) < 4.78 is 11.3. The molecular formula is C16H25N3O2. The first-order valence-corrected chi connectivity index (χ1v) is 7.66. The van der Waals surface area contributed by atoms with E-state index in [4.69, 9.17) is 9.47 Å². The molecule has 0 fully saturated rings. The molecular weight excluding hydrogens is 266 g/mol. The Morgan fingerprint density at radius 2 is 2.10 bits per heavy atom. The number of aromatic nitrogens is 2. The summed E-state index contributed by atoms with van der Waals surface area (Å²) in [5.41, 5.74) is 0. The topological polar surface area (TPSA) is 56.3 Å². The Morgan fingerprint density at radius 3 is 2.81 bits per heavy atom. The number of ether oxygens (including phenoxy) is 2. The Morgan fingerprint density at radius 1 is 1.29 bits per heavy atom. The van der Waals surface area contributed by atoms with Gasteiger partial charge in [0.25, 0.3) is 5.88 Å². The number of nitrogens with one attached hydrogen (secondary N) is 1. The molecule has 1 aromatic rings. The van der Waals surface area contributed by atoms with Crippen LogP contribution in [0.25, 0.3) is 0 Å². The predicted octanol–water partition coefficient (Wildman–Crippen LogP) is 3.29. The highest BCUT2D eigenvalue weighted by atomic mass is 16.5. The van der Waals surface area contributed by atoms with E-state index in [9.17, 15) is 0 Å². The van der Waals surface area contributed by atoms with Crippen molar-refractivity contribution in [2.75, 3.05) is 25.6 Å². The van der Waals surface area contributed by atoms with Crippen molar-refractivity contribution in [3.05, 3.63) is 18.5 Å². The molecule has 1 aliphatic rings. The van der Waals surface area contributed by atoms with Crippen LogP contribution in [0.3, 0.4) is 0 Å². The van der Waals surface area contributed by atoms with E-state index in [1.807, 2.05) is 0 Å². The van der Waals surface area contributed by atoms with E-state index in [1.54, 1.807) is 7.11 Å². The third-order valence-corrected chi connectivity index (χ3v) is 3.87. The zero-order chi connectivity index (χ0) is 15.1. The van der Waals surface area contributed by atoms with E-state index < -0.39 is 0 Å². The first-order chi connectivity index (χ1) is 10.3. The molecule has 5 nitrogen and oxygen atoms in total. The second kappa shape index (κ2) is 7.86. The lowest BCUT2D eigenvalue weighted by molar-refractivity contribution is 0.186. The normalized spacial score (nSPS) is 21.1. The largest absolute Gasteiger partial charge is 0.489 e. The summed E-state index contributed by atoms with van der Waals surface area (Å²) in [4.78, 5) is 8.43. The van der Waals surface area contributed by atoms with Gasteiger partial charge in [-0.1, -0.05) is 26.0 Å². The highest BCUT2D eigenvalue weighted by Crippen LogP contribution is 2.32. The van der Waals surface area contributed by atoms with Crippen LogP contribution in [0.1, 0.15) is 33.1 Å². The van der Waals surface area contributed by atoms with Crippen molar-refractivity contribution < 1.29 is 9.47 Å². The van der Waals surface area contributed by atoms with Crippen molar-refractivity contribution in [1.29, 1.82) is 0 Å². The van der Waals surface area contributed by atoms with Crippen molar-refractivity contribution in [2.24, 2.45) is 11.8 Å². The Hall–Kier alpha value is -1.78. The summed E-state index contributed by atoms with van der Waals surface area (Å²) in [5, 5.41) is 3.23. The maximum absolute atomic E-state index is 5.91. The van der Waals surface area contributed by atoms with Crippen LogP contribution in [0.4, 0.5) is 5.82 Å². The van der Waals surface area contributed by atoms with Gasteiger partial charge in [-0.25, -0.2) is 4.98 Å². The molecule has 116 valence electrons. The summed E-state index contributed by atoms with van der Waals surface area (Å²) in [6, 6.07) is 0. The van der Waals surface area contributed by atoms with Crippen LogP contribution in [-0.2, 0) is 0 Å². The number of rotatable bonds is 7. The third-order valence-electron chi connectivity index (χ3n) is 3.87. The molecule has 0 radical (unpaired) electrons. The minimum atomic E-state index is 0.521. The molecule has 1 heterocycles. The number of hydrogen-bond donors (Lipinski definition) is 1. The molecule has 0 bridgehead atoms. The maximum Gasteiger partial charge on any atom is 0.262 e. The summed E-state index contributed by atoms with van der Waals surface area (Å²) in [6.07, 6.45) is 9.21. The molecule has 2 rings (SSSR count). The Bertz CT molecular complexity index is 477. The first-order valence-electron chi connectivity index (χ1n) is 7.66. The van der Waals surface area contributed by atoms with Crippen LogP contribution >= 0.6 is 0 Å². The predicted molar refractivity (Wildman–Crippen MR) is 83.9 cm³/mol. The van der Waals surface area contributed by atoms with Gasteiger partial charge in [0.05, 0.1) is 13.7 Å². The molecule has 0 spiro atoms. The smallest absolute Gasteiger partial charge is 0.262 e. The molecule has 5 heteroatoms. The zero-order valence-electron chi connectivity index (χ0n) is 13.1. The van der Waals surface area contributed by atoms with E-state index in [2.05, 4.69) is 41.3 Å². The number of nitrogens with zero attached hydrogens (tertiary/aromatic N) is 2. The molecule has 21 heavy (non-hydrogen) atoms. The average molecular weight is 291 g/mol. The standard InChI is InChI=1S/C16H25N3O2/c1-4-9-17-15-14(20-3)16(19-11-18-15)21-10-13-8-6-5-7-12(13)2/h5-6,11-13H,4,7-10H2,1-3H3,(H,17,18,19). The molecule has 0 aromatic carbocycles. The van der Waals surface area contributed by atoms with Crippen LogP contribution in [0.5, 0.6) is 11.6 Å². The van der Waals surface area contributed by atoms with Gasteiger partial charge in [0.15, 0.2) is 5.82 Å². The van der Waals surface area contributed by atoms with Crippen molar-refractivity contribution >= 4 is 5.82 Å². The van der Waals surface area contributed by atoms with Crippen molar-refractivity contribution in [1.82, 2.24) is 9.97 Å². The van der Waals surface area contributed by atoms with E-state index in [1.165, 1.54) is 6.33 Å². The van der Waals surface area contributed by atoms with E-state index in [-0.39, 0.29) is 0 Å². The lowest BCUT2D eigenvalue weighted by Gasteiger charge is -2.25. The van der Waals surface area contributed by atoms with Gasteiger partial charge in [-0.3, -0.25) is 0 Å². The quantitative estimate of drug-likeness (QED) is 0.781. The molecule has 0 saturated carbocycles. The fourth-order valence-corrected chi connectivity index (χ4v) is 2.44. The molecule has 2 unspecified atom stereocenters. The fourth-order valence-electron chi connectivity index (χ4n) is 2.44. The Balaban J connectivity index is 2.03. The van der Waals surface area contributed by atoms with Crippen molar-refractivity contribution in [3.8, 4) is 11.6 Å². The maximum atomic E-state index is 5.91. The number of allylic oxidation sites excluding steroid dienone is 2. The number of hydrogen-bond acceptors (Lipinski definition) is 5. The van der Waals surface area contributed by atoms with Gasteiger partial charge >= 0.3 is 0 Å². The monoisotopic (exact) mass is 291 g/mol. The molecule has 2 atom stereocenters. The van der Waals surface area contributed by atoms with Crippen LogP contribution in [0.2, 0.25) is 0 Å². The summed E-state index contributed by atoms with van der Waals surface area (Å²) in [7, 11) is 1.62. The van der Waals surface area contributed by atoms with Gasteiger partial charge in [-0.05, 0) is 31.1 Å². The fraction of sp³-hybridized carbons (Fsp3) is 0.625. The Kier molecular flexibility index (Phi) is 5.84. The second-order valence-corrected chi connectivity index (χ2v) is 5.48. The summed E-state index contributed by atoms with van der Waals surface area (Å²) in [5.74, 6) is 2.97. The van der Waals surface area contributed by atoms with Gasteiger partial charge in [0.2, 0.25) is 5.75 Å². The second-order valence-electron chi connectivity index (χ2n) is 5.48. The Labute approximate surface area is 126 Å². The van der Waals surface area contributed by atoms with Crippen LogP contribution in [0.15, 0.2) is 18.5 Å². The highest BCUT2D eigenvalue weighted by molar-refractivity contribution is 5.54. The van der Waals surface area contributed by atoms with Gasteiger partial charge in [0, 0.05) is 6.54 Å². The van der Waals surface area contributed by atoms with Crippen LogP contribution < -0.4 is 14.8 Å². The minimum Gasteiger partial charge on any atom is -0.489 e. The lowest BCUT2D eigenvalue weighted by Crippen LogP contribution is -2.21. The average Bonchev–Trinajstić information content (AvgIpc) is 2.52. The summed E-state index contributed by atoms with van der Waals surface area (Å²) >= 11 is 0. The molecule has 0 aliphatic heterocycles. The number of methoxy groups -OCH3 is 1. The van der Waals surface area contributed by atoms with Crippen molar-refractivity contribution in [2.45, 2.75) is 33.1 Å². The molecule has 1 aliphatic carbocycles. The van der Waals surface area contributed by atoms with Gasteiger partial charge in [-0.15, -0.1) is 0 Å². The van der Waals surface area contributed by atoms with Gasteiger partial charge in [0.1, 0.15) is 6.33 Å². The minimum absolute atomic E-state index is 0.521. The van der Waals surface area contributed by atoms with E-state index in [0.717, 1.165) is 25.8 Å².